The molecule has 116 valence electrons. The molecule has 0 N–H and O–H groups in total. The highest BCUT2D eigenvalue weighted by Crippen LogP contribution is 2.16. The topological polar surface area (TPSA) is 38.8 Å². The van der Waals surface area contributed by atoms with Crippen molar-refractivity contribution in [3.8, 4) is 5.75 Å². The molecule has 2 unspecified atom stereocenters. The number of carbonyl (C=O) groups excluding carboxylic acids is 1. The molecular formula is C16H22ClNO3. The number of amides is 1. The number of nitrogens with zero attached hydrogens (tertiary/aromatic N) is 1. The summed E-state index contributed by atoms with van der Waals surface area (Å²) in [5, 5.41) is 0. The maximum atomic E-state index is 12.3. The Morgan fingerprint density at radius 1 is 1.38 bits per heavy atom. The second-order valence-corrected chi connectivity index (χ2v) is 5.68. The molecular weight excluding hydrogens is 290 g/mol. The van der Waals surface area contributed by atoms with E-state index in [4.69, 9.17) is 21.1 Å². The Bertz CT molecular complexity index is 463. The van der Waals surface area contributed by atoms with Crippen LogP contribution in [-0.2, 0) is 16.0 Å². The Balaban J connectivity index is 1.85. The van der Waals surface area contributed by atoms with Gasteiger partial charge >= 0.3 is 0 Å². The molecule has 1 fully saturated rings. The molecule has 0 radical (unpaired) electrons. The van der Waals surface area contributed by atoms with Gasteiger partial charge in [-0.25, -0.2) is 0 Å². The molecule has 1 aromatic carbocycles. The Kier molecular flexibility index (Phi) is 5.88. The van der Waals surface area contributed by atoms with Crippen LogP contribution in [-0.4, -0.2) is 49.1 Å². The van der Waals surface area contributed by atoms with Crippen molar-refractivity contribution in [2.75, 3.05) is 26.1 Å². The van der Waals surface area contributed by atoms with Crippen LogP contribution in [0.15, 0.2) is 24.3 Å². The van der Waals surface area contributed by atoms with Gasteiger partial charge in [0.05, 0.1) is 25.2 Å². The molecule has 0 saturated carbocycles. The van der Waals surface area contributed by atoms with Crippen molar-refractivity contribution in [3.05, 3.63) is 29.8 Å². The van der Waals surface area contributed by atoms with Gasteiger partial charge in [0.1, 0.15) is 5.75 Å². The molecule has 1 aromatic rings. The van der Waals surface area contributed by atoms with Crippen molar-refractivity contribution in [3.63, 3.8) is 0 Å². The van der Waals surface area contributed by atoms with E-state index in [0.29, 0.717) is 25.4 Å². The van der Waals surface area contributed by atoms with Crippen molar-refractivity contribution in [1.82, 2.24) is 4.90 Å². The number of rotatable bonds is 5. The number of carbonyl (C=O) groups is 1. The van der Waals surface area contributed by atoms with Crippen LogP contribution in [0.25, 0.3) is 0 Å². The first-order chi connectivity index (χ1) is 10.1. The molecule has 2 rings (SSSR count). The SMILES string of the molecule is COc1ccc(CCC(=O)N2CC(C)OC(CCl)C2)cc1. The lowest BCUT2D eigenvalue weighted by Crippen LogP contribution is -2.49. The highest BCUT2D eigenvalue weighted by Gasteiger charge is 2.27. The molecule has 1 aliphatic heterocycles. The van der Waals surface area contributed by atoms with E-state index in [1.165, 1.54) is 0 Å². The zero-order valence-corrected chi connectivity index (χ0v) is 13.3. The fraction of sp³-hybridized carbons (Fsp3) is 0.562. The van der Waals surface area contributed by atoms with Crippen LogP contribution >= 0.6 is 11.6 Å². The van der Waals surface area contributed by atoms with Gasteiger partial charge in [-0.15, -0.1) is 11.6 Å². The average molecular weight is 312 g/mol. The fourth-order valence-electron chi connectivity index (χ4n) is 2.54. The summed E-state index contributed by atoms with van der Waals surface area (Å²) in [5.74, 6) is 1.42. The molecule has 0 aromatic heterocycles. The number of methoxy groups -OCH3 is 1. The number of ether oxygens (including phenoxy) is 2. The van der Waals surface area contributed by atoms with Gasteiger partial charge in [-0.2, -0.15) is 0 Å². The van der Waals surface area contributed by atoms with Crippen LogP contribution in [0, 0.1) is 0 Å². The van der Waals surface area contributed by atoms with E-state index in [1.54, 1.807) is 7.11 Å². The molecule has 21 heavy (non-hydrogen) atoms. The first-order valence-electron chi connectivity index (χ1n) is 7.24. The maximum absolute atomic E-state index is 12.3. The Morgan fingerprint density at radius 3 is 2.71 bits per heavy atom. The molecule has 4 nitrogen and oxygen atoms in total. The third-order valence-electron chi connectivity index (χ3n) is 3.64. The van der Waals surface area contributed by atoms with E-state index >= 15 is 0 Å². The van der Waals surface area contributed by atoms with E-state index < -0.39 is 0 Å². The predicted molar refractivity (Wildman–Crippen MR) is 83.0 cm³/mol. The van der Waals surface area contributed by atoms with Crippen LogP contribution < -0.4 is 4.74 Å². The minimum atomic E-state index is -0.0552. The molecule has 1 amide bonds. The fourth-order valence-corrected chi connectivity index (χ4v) is 2.71. The molecule has 5 heteroatoms. The van der Waals surface area contributed by atoms with Gasteiger partial charge in [-0.3, -0.25) is 4.79 Å². The highest BCUT2D eigenvalue weighted by molar-refractivity contribution is 6.18. The predicted octanol–water partition coefficient (Wildman–Crippen LogP) is 2.48. The van der Waals surface area contributed by atoms with Gasteiger partial charge in [0.15, 0.2) is 0 Å². The average Bonchev–Trinajstić information content (AvgIpc) is 2.52. The van der Waals surface area contributed by atoms with Crippen LogP contribution in [0.4, 0.5) is 0 Å². The summed E-state index contributed by atoms with van der Waals surface area (Å²) in [5.41, 5.74) is 1.14. The highest BCUT2D eigenvalue weighted by atomic mass is 35.5. The number of alkyl halides is 1. The van der Waals surface area contributed by atoms with Crippen LogP contribution in [0.5, 0.6) is 5.75 Å². The van der Waals surface area contributed by atoms with Gasteiger partial charge in [0.25, 0.3) is 0 Å². The molecule has 2 atom stereocenters. The van der Waals surface area contributed by atoms with Gasteiger partial charge in [0, 0.05) is 19.5 Å². The van der Waals surface area contributed by atoms with Crippen molar-refractivity contribution < 1.29 is 14.3 Å². The van der Waals surface area contributed by atoms with E-state index in [0.717, 1.165) is 17.7 Å². The monoisotopic (exact) mass is 311 g/mol. The lowest BCUT2D eigenvalue weighted by atomic mass is 10.1. The quantitative estimate of drug-likeness (QED) is 0.784. The van der Waals surface area contributed by atoms with Crippen LogP contribution in [0.3, 0.4) is 0 Å². The summed E-state index contributed by atoms with van der Waals surface area (Å²) in [7, 11) is 1.64. The normalized spacial score (nSPS) is 22.1. The number of hydrogen-bond donors (Lipinski definition) is 0. The van der Waals surface area contributed by atoms with Gasteiger partial charge in [-0.1, -0.05) is 12.1 Å². The molecule has 0 bridgehead atoms. The van der Waals surface area contributed by atoms with Crippen LogP contribution in [0.1, 0.15) is 18.9 Å². The molecule has 1 aliphatic rings. The smallest absolute Gasteiger partial charge is 0.223 e. The number of halogens is 1. The first-order valence-corrected chi connectivity index (χ1v) is 7.78. The lowest BCUT2D eigenvalue weighted by molar-refractivity contribution is -0.142. The van der Waals surface area contributed by atoms with E-state index in [1.807, 2.05) is 36.1 Å². The number of hydrogen-bond acceptors (Lipinski definition) is 3. The Morgan fingerprint density at radius 2 is 2.10 bits per heavy atom. The van der Waals surface area contributed by atoms with Crippen molar-refractivity contribution >= 4 is 17.5 Å². The maximum Gasteiger partial charge on any atom is 0.223 e. The second-order valence-electron chi connectivity index (χ2n) is 5.37. The summed E-state index contributed by atoms with van der Waals surface area (Å²) in [6.07, 6.45) is 1.24. The number of morpholine rings is 1. The van der Waals surface area contributed by atoms with E-state index in [-0.39, 0.29) is 18.1 Å². The summed E-state index contributed by atoms with van der Waals surface area (Å²) < 4.78 is 10.8. The van der Waals surface area contributed by atoms with Gasteiger partial charge < -0.3 is 14.4 Å². The minimum Gasteiger partial charge on any atom is -0.497 e. The molecule has 0 spiro atoms. The van der Waals surface area contributed by atoms with Gasteiger partial charge in [-0.05, 0) is 31.0 Å². The van der Waals surface area contributed by atoms with Crippen molar-refractivity contribution in [2.45, 2.75) is 32.0 Å². The third-order valence-corrected chi connectivity index (χ3v) is 3.98. The molecule has 1 heterocycles. The van der Waals surface area contributed by atoms with Crippen LogP contribution in [0.2, 0.25) is 0 Å². The summed E-state index contributed by atoms with van der Waals surface area (Å²) in [6, 6.07) is 7.82. The number of benzene rings is 1. The largest absolute Gasteiger partial charge is 0.497 e. The zero-order valence-electron chi connectivity index (χ0n) is 12.5. The van der Waals surface area contributed by atoms with Crippen molar-refractivity contribution in [1.29, 1.82) is 0 Å². The Hall–Kier alpha value is -1.26. The molecule has 0 aliphatic carbocycles. The summed E-state index contributed by atoms with van der Waals surface area (Å²) in [4.78, 5) is 14.2. The zero-order chi connectivity index (χ0) is 15.2. The first kappa shape index (κ1) is 16.1. The minimum absolute atomic E-state index is 0.0486. The van der Waals surface area contributed by atoms with E-state index in [2.05, 4.69) is 0 Å². The second kappa shape index (κ2) is 7.66. The number of aryl methyl sites for hydroxylation is 1. The van der Waals surface area contributed by atoms with Crippen molar-refractivity contribution in [2.24, 2.45) is 0 Å². The standard InChI is InChI=1S/C16H22ClNO3/c1-12-10-18(11-15(9-17)21-12)16(19)8-5-13-3-6-14(20-2)7-4-13/h3-4,6-7,12,15H,5,8-11H2,1-2H3. The Labute approximate surface area is 131 Å². The van der Waals surface area contributed by atoms with Gasteiger partial charge in [0.2, 0.25) is 5.91 Å². The lowest BCUT2D eigenvalue weighted by Gasteiger charge is -2.36. The van der Waals surface area contributed by atoms with E-state index in [9.17, 15) is 4.79 Å². The summed E-state index contributed by atoms with van der Waals surface area (Å²) in [6.45, 7) is 3.21. The summed E-state index contributed by atoms with van der Waals surface area (Å²) >= 11 is 5.84. The third kappa shape index (κ3) is 4.61. The molecule has 1 saturated heterocycles.